The monoisotopic (exact) mass is 694 g/mol. The fraction of sp³-hybridized carbons (Fsp3) is 0.741. The van der Waals surface area contributed by atoms with Crippen LogP contribution in [0.15, 0.2) is 6.33 Å². The van der Waals surface area contributed by atoms with Gasteiger partial charge in [0.1, 0.15) is 12.2 Å². The van der Waals surface area contributed by atoms with E-state index < -0.39 is 49.4 Å². The fourth-order valence-electron chi connectivity index (χ4n) is 4.03. The molecule has 45 heavy (non-hydrogen) atoms. The molecule has 254 valence electrons. The molecule has 1 saturated heterocycles. The summed E-state index contributed by atoms with van der Waals surface area (Å²) in [6.45, 7) is 11.0. The number of rotatable bonds is 13. The van der Waals surface area contributed by atoms with Crippen LogP contribution in [0.3, 0.4) is 0 Å². The second-order valence-corrected chi connectivity index (χ2v) is 16.7. The van der Waals surface area contributed by atoms with E-state index in [1.54, 1.807) is 60.5 Å². The van der Waals surface area contributed by atoms with Crippen LogP contribution in [0.1, 0.15) is 54.7 Å². The van der Waals surface area contributed by atoms with Crippen molar-refractivity contribution in [1.29, 1.82) is 0 Å². The van der Waals surface area contributed by atoms with E-state index >= 15 is 4.39 Å². The summed E-state index contributed by atoms with van der Waals surface area (Å²) in [5, 5.41) is 10.8. The van der Waals surface area contributed by atoms with Crippen molar-refractivity contribution in [2.75, 3.05) is 56.1 Å². The van der Waals surface area contributed by atoms with E-state index in [-0.39, 0.29) is 46.5 Å². The van der Waals surface area contributed by atoms with Crippen LogP contribution in [0.5, 0.6) is 0 Å². The molecule has 4 atom stereocenters. The Labute approximate surface area is 271 Å². The summed E-state index contributed by atoms with van der Waals surface area (Å²) in [4.78, 5) is 38.9. The number of phosphoric acid groups is 1. The van der Waals surface area contributed by atoms with Gasteiger partial charge in [0.25, 0.3) is 0 Å². The number of carbonyl (C=O) groups excluding carboxylic acids is 2. The van der Waals surface area contributed by atoms with E-state index in [4.69, 9.17) is 24.0 Å². The number of halogens is 1. The zero-order valence-corrected chi connectivity index (χ0v) is 29.6. The van der Waals surface area contributed by atoms with Crippen molar-refractivity contribution >= 4 is 64.5 Å². The van der Waals surface area contributed by atoms with E-state index in [9.17, 15) is 19.3 Å². The molecule has 0 aliphatic carbocycles. The SMILES string of the molecule is CN(C)c1nc(N)nc2c1ncn2[C@@H]1O[C@H](COP(=O)(OCCSC(=O)C(C)(C)C)OCCSC(=O)C(C)(C)C)[C@@H](O)[C@@]1(C)F. The zero-order chi connectivity index (χ0) is 34.0. The third-order valence-electron chi connectivity index (χ3n) is 6.57. The Morgan fingerprint density at radius 1 is 1.09 bits per heavy atom. The van der Waals surface area contributed by atoms with Crippen LogP contribution in [0, 0.1) is 10.8 Å². The van der Waals surface area contributed by atoms with Crippen molar-refractivity contribution in [3.63, 3.8) is 0 Å². The Morgan fingerprint density at radius 3 is 2.11 bits per heavy atom. The number of phosphoric ester groups is 1. The van der Waals surface area contributed by atoms with Crippen LogP contribution >= 0.6 is 31.3 Å². The number of aliphatic hydroxyl groups excluding tert-OH is 1. The number of nitrogens with zero attached hydrogens (tertiary/aromatic N) is 5. The van der Waals surface area contributed by atoms with Gasteiger partial charge in [-0.1, -0.05) is 65.1 Å². The van der Waals surface area contributed by atoms with Gasteiger partial charge >= 0.3 is 7.82 Å². The number of alkyl halides is 1. The van der Waals surface area contributed by atoms with E-state index in [0.717, 1.165) is 30.4 Å². The van der Waals surface area contributed by atoms with Crippen LogP contribution in [0.25, 0.3) is 11.2 Å². The second kappa shape index (κ2) is 14.5. The highest BCUT2D eigenvalue weighted by Crippen LogP contribution is 2.51. The highest BCUT2D eigenvalue weighted by atomic mass is 32.2. The first-order chi connectivity index (χ1) is 20.7. The van der Waals surface area contributed by atoms with Crippen molar-refractivity contribution < 1.29 is 42.0 Å². The summed E-state index contributed by atoms with van der Waals surface area (Å²) in [7, 11) is -0.822. The molecule has 1 aliphatic rings. The predicted octanol–water partition coefficient (Wildman–Crippen LogP) is 4.23. The lowest BCUT2D eigenvalue weighted by Crippen LogP contribution is -2.40. The van der Waals surface area contributed by atoms with Gasteiger partial charge in [-0.25, -0.2) is 13.9 Å². The summed E-state index contributed by atoms with van der Waals surface area (Å²) in [5.74, 6) is 0.692. The maximum atomic E-state index is 16.1. The van der Waals surface area contributed by atoms with E-state index in [1.165, 1.54) is 10.9 Å². The number of carbonyl (C=O) groups is 2. The van der Waals surface area contributed by atoms with Crippen LogP contribution in [-0.2, 0) is 32.5 Å². The van der Waals surface area contributed by atoms with Gasteiger partial charge < -0.3 is 20.5 Å². The minimum absolute atomic E-state index is 0.0631. The molecule has 1 aliphatic heterocycles. The number of nitrogens with two attached hydrogens (primary N) is 1. The van der Waals surface area contributed by atoms with Crippen LogP contribution in [-0.4, -0.2) is 98.2 Å². The topological polar surface area (TPSA) is 181 Å². The molecule has 0 saturated carbocycles. The number of aliphatic hydroxyl groups is 1. The standard InChI is InChI=1S/C27H44FN6O8PS2/c1-25(2,3)22(36)44-12-10-39-43(38,40-11-13-45-23(37)26(4,5)6)41-14-16-18(35)27(7,28)21(42-16)34-15-30-17-19(33(8)9)31-24(29)32-20(17)34/h15-16,18,21,35H,10-14H2,1-9H3,(H2,29,31,32)/t16-,18-,21-,27-/m1/s1. The van der Waals surface area contributed by atoms with Crippen LogP contribution < -0.4 is 10.6 Å². The number of hydrogen-bond donors (Lipinski definition) is 2. The van der Waals surface area contributed by atoms with Gasteiger partial charge in [-0.05, 0) is 6.92 Å². The molecule has 0 bridgehead atoms. The first kappa shape index (κ1) is 37.6. The molecule has 0 unspecified atom stereocenters. The normalized spacial score (nSPS) is 22.7. The summed E-state index contributed by atoms with van der Waals surface area (Å²) in [6, 6.07) is 0. The number of nitrogen functional groups attached to an aromatic ring is 1. The molecule has 2 aromatic heterocycles. The molecule has 1 fully saturated rings. The summed E-state index contributed by atoms with van der Waals surface area (Å²) in [5.41, 5.74) is 2.92. The van der Waals surface area contributed by atoms with Gasteiger partial charge in [-0.15, -0.1) is 0 Å². The van der Waals surface area contributed by atoms with E-state index in [2.05, 4.69) is 15.0 Å². The first-order valence-electron chi connectivity index (χ1n) is 14.3. The lowest BCUT2D eigenvalue weighted by molar-refractivity contribution is -0.118. The molecule has 3 rings (SSSR count). The Kier molecular flexibility index (Phi) is 12.1. The molecule has 0 spiro atoms. The summed E-state index contributed by atoms with van der Waals surface area (Å²) < 4.78 is 53.4. The van der Waals surface area contributed by atoms with Crippen molar-refractivity contribution in [2.24, 2.45) is 10.8 Å². The third kappa shape index (κ3) is 9.37. The largest absolute Gasteiger partial charge is 0.474 e. The number of imidazole rings is 1. The minimum atomic E-state index is -4.31. The number of hydrogen-bond acceptors (Lipinski definition) is 15. The smallest absolute Gasteiger partial charge is 0.387 e. The quantitative estimate of drug-likeness (QED) is 0.224. The number of ether oxygens (including phenoxy) is 1. The highest BCUT2D eigenvalue weighted by molar-refractivity contribution is 8.14. The summed E-state index contributed by atoms with van der Waals surface area (Å²) >= 11 is 2.03. The average molecular weight is 695 g/mol. The van der Waals surface area contributed by atoms with Crippen molar-refractivity contribution in [2.45, 2.75) is 72.6 Å². The molecular formula is C27H44FN6O8PS2. The van der Waals surface area contributed by atoms with Gasteiger partial charge in [-0.3, -0.25) is 27.7 Å². The summed E-state index contributed by atoms with van der Waals surface area (Å²) in [6.07, 6.45) is -3.12. The zero-order valence-electron chi connectivity index (χ0n) is 27.1. The van der Waals surface area contributed by atoms with Crippen molar-refractivity contribution in [3.05, 3.63) is 6.33 Å². The molecule has 3 N–H and O–H groups in total. The number of anilines is 2. The number of fused-ring (bicyclic) bond motifs is 1. The first-order valence-corrected chi connectivity index (χ1v) is 17.7. The van der Waals surface area contributed by atoms with E-state index in [0.29, 0.717) is 11.3 Å². The Bertz CT molecular complexity index is 1380. The molecule has 0 amide bonds. The Hall–Kier alpha value is -1.85. The van der Waals surface area contributed by atoms with Crippen molar-refractivity contribution in [3.8, 4) is 0 Å². The lowest BCUT2D eigenvalue weighted by atomic mass is 9.98. The van der Waals surface area contributed by atoms with E-state index in [1.807, 2.05) is 0 Å². The average Bonchev–Trinajstić information content (AvgIpc) is 3.43. The van der Waals surface area contributed by atoms with Gasteiger partial charge in [0.15, 0.2) is 39.1 Å². The van der Waals surface area contributed by atoms with Crippen LogP contribution in [0.4, 0.5) is 16.2 Å². The molecule has 2 aromatic rings. The maximum Gasteiger partial charge on any atom is 0.474 e. The third-order valence-corrected chi connectivity index (χ3v) is 10.5. The molecule has 0 radical (unpaired) electrons. The number of aromatic nitrogens is 4. The van der Waals surface area contributed by atoms with Crippen LogP contribution in [0.2, 0.25) is 0 Å². The van der Waals surface area contributed by atoms with Gasteiger partial charge in [0.2, 0.25) is 5.95 Å². The van der Waals surface area contributed by atoms with Crippen molar-refractivity contribution in [1.82, 2.24) is 19.5 Å². The predicted molar refractivity (Wildman–Crippen MR) is 173 cm³/mol. The molecule has 18 heteroatoms. The van der Waals surface area contributed by atoms with Gasteiger partial charge in [0, 0.05) is 36.4 Å². The fourth-order valence-corrected chi connectivity index (χ4v) is 7.03. The maximum absolute atomic E-state index is 16.1. The lowest BCUT2D eigenvalue weighted by Gasteiger charge is -2.25. The highest BCUT2D eigenvalue weighted by Gasteiger charge is 2.56. The number of thioether (sulfide) groups is 2. The molecular weight excluding hydrogens is 650 g/mol. The van der Waals surface area contributed by atoms with Gasteiger partial charge in [0.05, 0.1) is 26.1 Å². The second-order valence-electron chi connectivity index (χ2n) is 12.9. The van der Waals surface area contributed by atoms with Gasteiger partial charge in [-0.2, -0.15) is 9.97 Å². The minimum Gasteiger partial charge on any atom is -0.387 e. The molecule has 14 nitrogen and oxygen atoms in total. The molecule has 3 heterocycles. The Balaban J connectivity index is 1.74. The Morgan fingerprint density at radius 2 is 1.62 bits per heavy atom. The molecule has 0 aromatic carbocycles.